The van der Waals surface area contributed by atoms with Crippen LogP contribution in [0.2, 0.25) is 0 Å². The van der Waals surface area contributed by atoms with E-state index in [0.717, 1.165) is 22.4 Å². The standard InChI is InChI=1S/C23H29NO4/c1-17(16-25)24-22(26)23(10-12-28-13-11-23)15-18-4-3-5-20(14-18)19-6-8-21(27-2)9-7-19/h3-9,14,17,25H,10-13,15-16H2,1-2H3,(H,24,26)/t17-/m1/s1. The van der Waals surface area contributed by atoms with Crippen molar-refractivity contribution in [2.24, 2.45) is 5.41 Å². The Kier molecular flexibility index (Phi) is 6.70. The summed E-state index contributed by atoms with van der Waals surface area (Å²) in [7, 11) is 1.66. The maximum Gasteiger partial charge on any atom is 0.227 e. The summed E-state index contributed by atoms with van der Waals surface area (Å²) in [6.07, 6.45) is 2.03. The van der Waals surface area contributed by atoms with E-state index >= 15 is 0 Å². The van der Waals surface area contributed by atoms with E-state index in [-0.39, 0.29) is 18.6 Å². The maximum atomic E-state index is 13.0. The Bertz CT molecular complexity index is 781. The van der Waals surface area contributed by atoms with Crippen molar-refractivity contribution in [3.05, 3.63) is 54.1 Å². The van der Waals surface area contributed by atoms with Crippen molar-refractivity contribution < 1.29 is 19.4 Å². The lowest BCUT2D eigenvalue weighted by Crippen LogP contribution is -2.49. The Hall–Kier alpha value is -2.37. The molecule has 0 saturated carbocycles. The van der Waals surface area contributed by atoms with Crippen LogP contribution in [0.3, 0.4) is 0 Å². The van der Waals surface area contributed by atoms with E-state index in [4.69, 9.17) is 9.47 Å². The van der Waals surface area contributed by atoms with Gasteiger partial charge in [-0.3, -0.25) is 4.79 Å². The lowest BCUT2D eigenvalue weighted by Gasteiger charge is -2.36. The molecule has 28 heavy (non-hydrogen) atoms. The first kappa shape index (κ1) is 20.4. The number of benzene rings is 2. The first-order valence-corrected chi connectivity index (χ1v) is 9.79. The second-order valence-electron chi connectivity index (χ2n) is 7.56. The molecule has 3 rings (SSSR count). The van der Waals surface area contributed by atoms with Gasteiger partial charge in [0.1, 0.15) is 5.75 Å². The summed E-state index contributed by atoms with van der Waals surface area (Å²) >= 11 is 0. The van der Waals surface area contributed by atoms with Crippen molar-refractivity contribution in [3.8, 4) is 16.9 Å². The molecule has 2 aromatic carbocycles. The molecule has 5 nitrogen and oxygen atoms in total. The third-order valence-corrected chi connectivity index (χ3v) is 5.48. The van der Waals surface area contributed by atoms with Crippen molar-refractivity contribution in [1.29, 1.82) is 0 Å². The molecule has 0 unspecified atom stereocenters. The van der Waals surface area contributed by atoms with E-state index in [9.17, 15) is 9.90 Å². The minimum absolute atomic E-state index is 0.00667. The number of carbonyl (C=O) groups is 1. The van der Waals surface area contributed by atoms with Crippen LogP contribution >= 0.6 is 0 Å². The third kappa shape index (κ3) is 4.72. The van der Waals surface area contributed by atoms with Gasteiger partial charge in [-0.25, -0.2) is 0 Å². The molecule has 1 aliphatic heterocycles. The van der Waals surface area contributed by atoms with Gasteiger partial charge in [-0.2, -0.15) is 0 Å². The molecule has 0 spiro atoms. The Labute approximate surface area is 166 Å². The molecule has 1 aliphatic rings. The van der Waals surface area contributed by atoms with Crippen molar-refractivity contribution >= 4 is 5.91 Å². The Morgan fingerprint density at radius 3 is 2.54 bits per heavy atom. The van der Waals surface area contributed by atoms with E-state index < -0.39 is 5.41 Å². The van der Waals surface area contributed by atoms with Gasteiger partial charge in [-0.1, -0.05) is 36.4 Å². The lowest BCUT2D eigenvalue weighted by atomic mass is 9.74. The van der Waals surface area contributed by atoms with Crippen molar-refractivity contribution in [3.63, 3.8) is 0 Å². The average Bonchev–Trinajstić information content (AvgIpc) is 2.74. The fourth-order valence-corrected chi connectivity index (χ4v) is 3.70. The topological polar surface area (TPSA) is 67.8 Å². The van der Waals surface area contributed by atoms with Crippen LogP contribution in [0.4, 0.5) is 0 Å². The summed E-state index contributed by atoms with van der Waals surface area (Å²) in [6, 6.07) is 16.1. The second kappa shape index (κ2) is 9.22. The number of hydrogen-bond acceptors (Lipinski definition) is 4. The molecule has 150 valence electrons. The molecular weight excluding hydrogens is 354 g/mol. The number of ether oxygens (including phenoxy) is 2. The minimum Gasteiger partial charge on any atom is -0.497 e. The van der Waals surface area contributed by atoms with Crippen LogP contribution in [-0.4, -0.2) is 44.0 Å². The van der Waals surface area contributed by atoms with Gasteiger partial charge in [0.2, 0.25) is 5.91 Å². The summed E-state index contributed by atoms with van der Waals surface area (Å²) in [6.45, 7) is 2.92. The Morgan fingerprint density at radius 2 is 1.89 bits per heavy atom. The minimum atomic E-state index is -0.500. The fourth-order valence-electron chi connectivity index (χ4n) is 3.70. The molecule has 1 heterocycles. The first-order chi connectivity index (χ1) is 13.6. The van der Waals surface area contributed by atoms with Gasteiger partial charge in [0.15, 0.2) is 0 Å². The number of amides is 1. The van der Waals surface area contributed by atoms with Gasteiger partial charge in [0.25, 0.3) is 0 Å². The largest absolute Gasteiger partial charge is 0.497 e. The molecular formula is C23H29NO4. The highest BCUT2D eigenvalue weighted by atomic mass is 16.5. The van der Waals surface area contributed by atoms with Crippen LogP contribution in [0, 0.1) is 5.41 Å². The van der Waals surface area contributed by atoms with Crippen LogP contribution in [0.15, 0.2) is 48.5 Å². The quantitative estimate of drug-likeness (QED) is 0.771. The van der Waals surface area contributed by atoms with Gasteiger partial charge < -0.3 is 19.9 Å². The summed E-state index contributed by atoms with van der Waals surface area (Å²) in [5.41, 5.74) is 2.86. The van der Waals surface area contributed by atoms with Gasteiger partial charge >= 0.3 is 0 Å². The summed E-state index contributed by atoms with van der Waals surface area (Å²) < 4.78 is 10.8. The fraction of sp³-hybridized carbons (Fsp3) is 0.435. The highest BCUT2D eigenvalue weighted by molar-refractivity contribution is 5.83. The van der Waals surface area contributed by atoms with Crippen LogP contribution < -0.4 is 10.1 Å². The number of hydrogen-bond donors (Lipinski definition) is 2. The Balaban J connectivity index is 1.83. The summed E-state index contributed by atoms with van der Waals surface area (Å²) in [5, 5.41) is 12.3. The molecule has 0 bridgehead atoms. The lowest BCUT2D eigenvalue weighted by molar-refractivity contribution is -0.137. The number of methoxy groups -OCH3 is 1. The van der Waals surface area contributed by atoms with Crippen LogP contribution in [0.25, 0.3) is 11.1 Å². The van der Waals surface area contributed by atoms with Crippen molar-refractivity contribution in [2.45, 2.75) is 32.2 Å². The monoisotopic (exact) mass is 383 g/mol. The molecule has 1 atom stereocenters. The zero-order valence-electron chi connectivity index (χ0n) is 16.6. The van der Waals surface area contributed by atoms with Gasteiger partial charge in [-0.05, 0) is 55.0 Å². The van der Waals surface area contributed by atoms with E-state index in [1.54, 1.807) is 7.11 Å². The highest BCUT2D eigenvalue weighted by Crippen LogP contribution is 2.36. The molecule has 1 fully saturated rings. The predicted molar refractivity (Wildman–Crippen MR) is 109 cm³/mol. The smallest absolute Gasteiger partial charge is 0.227 e. The van der Waals surface area contributed by atoms with Gasteiger partial charge in [0, 0.05) is 19.3 Å². The summed E-state index contributed by atoms with van der Waals surface area (Å²) in [5.74, 6) is 0.836. The van der Waals surface area contributed by atoms with Crippen LogP contribution in [0.5, 0.6) is 5.75 Å². The third-order valence-electron chi connectivity index (χ3n) is 5.48. The van der Waals surface area contributed by atoms with Gasteiger partial charge in [-0.15, -0.1) is 0 Å². The second-order valence-corrected chi connectivity index (χ2v) is 7.56. The molecule has 1 amide bonds. The molecule has 2 aromatic rings. The number of aliphatic hydroxyl groups is 1. The summed E-state index contributed by atoms with van der Waals surface area (Å²) in [4.78, 5) is 13.0. The van der Waals surface area contributed by atoms with E-state index in [0.29, 0.717) is 32.5 Å². The first-order valence-electron chi connectivity index (χ1n) is 9.79. The zero-order chi connectivity index (χ0) is 20.0. The molecule has 5 heteroatoms. The number of aliphatic hydroxyl groups excluding tert-OH is 1. The van der Waals surface area contributed by atoms with Crippen LogP contribution in [0.1, 0.15) is 25.3 Å². The van der Waals surface area contributed by atoms with E-state index in [2.05, 4.69) is 23.5 Å². The Morgan fingerprint density at radius 1 is 1.18 bits per heavy atom. The van der Waals surface area contributed by atoms with Crippen LogP contribution in [-0.2, 0) is 16.0 Å². The van der Waals surface area contributed by atoms with Crippen molar-refractivity contribution in [1.82, 2.24) is 5.32 Å². The average molecular weight is 383 g/mol. The number of rotatable bonds is 7. The van der Waals surface area contributed by atoms with E-state index in [1.165, 1.54) is 0 Å². The number of carbonyl (C=O) groups excluding carboxylic acids is 1. The SMILES string of the molecule is COc1ccc(-c2cccc(CC3(C(=O)N[C@H](C)CO)CCOCC3)c2)cc1. The predicted octanol–water partition coefficient (Wildman–Crippen LogP) is 3.20. The molecule has 0 radical (unpaired) electrons. The van der Waals surface area contributed by atoms with E-state index in [1.807, 2.05) is 37.3 Å². The molecule has 2 N–H and O–H groups in total. The molecule has 1 saturated heterocycles. The van der Waals surface area contributed by atoms with Crippen molar-refractivity contribution in [2.75, 3.05) is 26.9 Å². The van der Waals surface area contributed by atoms with Gasteiger partial charge in [0.05, 0.1) is 19.1 Å². The zero-order valence-corrected chi connectivity index (χ0v) is 16.6. The number of nitrogens with one attached hydrogen (secondary N) is 1. The normalized spacial score (nSPS) is 17.0. The highest BCUT2D eigenvalue weighted by Gasteiger charge is 2.40. The molecule has 0 aliphatic carbocycles. The molecule has 0 aromatic heterocycles. The maximum absolute atomic E-state index is 13.0.